The second kappa shape index (κ2) is 7.86. The van der Waals surface area contributed by atoms with Crippen molar-refractivity contribution in [1.82, 2.24) is 4.98 Å². The van der Waals surface area contributed by atoms with E-state index in [0.717, 1.165) is 17.3 Å². The molecule has 2 heterocycles. The molecule has 0 aliphatic carbocycles. The number of hydrogen-bond acceptors (Lipinski definition) is 4. The SMILES string of the molecule is COc1cccc(N(Cc2cc3ccccc3[nH]c2=O)C(=O)C2CCCO2)c1. The lowest BCUT2D eigenvalue weighted by Crippen LogP contribution is -2.39. The van der Waals surface area contributed by atoms with E-state index in [2.05, 4.69) is 4.98 Å². The molecule has 1 unspecified atom stereocenters. The molecule has 144 valence electrons. The van der Waals surface area contributed by atoms with Crippen molar-refractivity contribution in [3.05, 3.63) is 70.5 Å². The van der Waals surface area contributed by atoms with E-state index < -0.39 is 6.10 Å². The van der Waals surface area contributed by atoms with Crippen LogP contribution in [0.2, 0.25) is 0 Å². The number of carbonyl (C=O) groups is 1. The zero-order valence-corrected chi connectivity index (χ0v) is 15.7. The van der Waals surface area contributed by atoms with E-state index in [1.807, 2.05) is 48.5 Å². The van der Waals surface area contributed by atoms with Gasteiger partial charge >= 0.3 is 0 Å². The highest BCUT2D eigenvalue weighted by Gasteiger charge is 2.30. The predicted molar refractivity (Wildman–Crippen MR) is 108 cm³/mol. The maximum absolute atomic E-state index is 13.2. The number of ether oxygens (including phenoxy) is 2. The zero-order valence-electron chi connectivity index (χ0n) is 15.7. The van der Waals surface area contributed by atoms with Gasteiger partial charge < -0.3 is 19.4 Å². The zero-order chi connectivity index (χ0) is 19.5. The van der Waals surface area contributed by atoms with Crippen molar-refractivity contribution in [2.75, 3.05) is 18.6 Å². The maximum Gasteiger partial charge on any atom is 0.256 e. The Morgan fingerprint density at radius 3 is 2.86 bits per heavy atom. The Bertz CT molecular complexity index is 1050. The molecule has 1 amide bonds. The van der Waals surface area contributed by atoms with Crippen LogP contribution in [0, 0.1) is 0 Å². The number of para-hydroxylation sites is 1. The number of aromatic amines is 1. The largest absolute Gasteiger partial charge is 0.497 e. The summed E-state index contributed by atoms with van der Waals surface area (Å²) in [5.41, 5.74) is 1.77. The summed E-state index contributed by atoms with van der Waals surface area (Å²) in [6.45, 7) is 0.741. The van der Waals surface area contributed by atoms with Crippen LogP contribution in [0.15, 0.2) is 59.4 Å². The van der Waals surface area contributed by atoms with Crippen LogP contribution in [0.25, 0.3) is 10.9 Å². The Labute approximate surface area is 162 Å². The summed E-state index contributed by atoms with van der Waals surface area (Å²) in [7, 11) is 1.58. The van der Waals surface area contributed by atoms with E-state index in [1.165, 1.54) is 0 Å². The molecule has 1 atom stereocenters. The first-order valence-electron chi connectivity index (χ1n) is 9.33. The van der Waals surface area contributed by atoms with E-state index in [9.17, 15) is 9.59 Å². The van der Waals surface area contributed by atoms with Gasteiger partial charge in [-0.1, -0.05) is 24.3 Å². The van der Waals surface area contributed by atoms with Gasteiger partial charge in [-0.15, -0.1) is 0 Å². The number of pyridine rings is 1. The van der Waals surface area contributed by atoms with Gasteiger partial charge in [0.2, 0.25) is 0 Å². The first-order chi connectivity index (χ1) is 13.7. The number of nitrogens with one attached hydrogen (secondary N) is 1. The van der Waals surface area contributed by atoms with Crippen molar-refractivity contribution in [3.8, 4) is 5.75 Å². The molecule has 1 fully saturated rings. The van der Waals surface area contributed by atoms with Crippen molar-refractivity contribution in [1.29, 1.82) is 0 Å². The van der Waals surface area contributed by atoms with Gasteiger partial charge in [0, 0.05) is 29.4 Å². The van der Waals surface area contributed by atoms with Gasteiger partial charge in [-0.3, -0.25) is 9.59 Å². The molecule has 6 heteroatoms. The van der Waals surface area contributed by atoms with Crippen LogP contribution >= 0.6 is 0 Å². The van der Waals surface area contributed by atoms with Gasteiger partial charge in [0.25, 0.3) is 11.5 Å². The monoisotopic (exact) mass is 378 g/mol. The first kappa shape index (κ1) is 18.3. The molecule has 28 heavy (non-hydrogen) atoms. The molecular formula is C22H22N2O4. The number of anilines is 1. The average Bonchev–Trinajstić information content (AvgIpc) is 3.26. The fourth-order valence-electron chi connectivity index (χ4n) is 3.50. The van der Waals surface area contributed by atoms with Crippen LogP contribution in [0.3, 0.4) is 0 Å². The fraction of sp³-hybridized carbons (Fsp3) is 0.273. The highest BCUT2D eigenvalue weighted by Crippen LogP contribution is 2.26. The van der Waals surface area contributed by atoms with Gasteiger partial charge in [-0.2, -0.15) is 0 Å². The highest BCUT2D eigenvalue weighted by atomic mass is 16.5. The van der Waals surface area contributed by atoms with Gasteiger partial charge in [-0.25, -0.2) is 0 Å². The molecule has 1 aliphatic heterocycles. The molecule has 0 saturated carbocycles. The van der Waals surface area contributed by atoms with Crippen molar-refractivity contribution in [2.24, 2.45) is 0 Å². The number of aromatic nitrogens is 1. The summed E-state index contributed by atoms with van der Waals surface area (Å²) in [6, 6.07) is 16.7. The quantitative estimate of drug-likeness (QED) is 0.740. The van der Waals surface area contributed by atoms with Crippen LogP contribution in [0.5, 0.6) is 5.75 Å². The topological polar surface area (TPSA) is 71.6 Å². The van der Waals surface area contributed by atoms with Crippen molar-refractivity contribution >= 4 is 22.5 Å². The third-order valence-corrected chi connectivity index (χ3v) is 4.99. The van der Waals surface area contributed by atoms with Gasteiger partial charge in [0.05, 0.1) is 13.7 Å². The second-order valence-electron chi connectivity index (χ2n) is 6.84. The van der Waals surface area contributed by atoms with Crippen molar-refractivity contribution in [3.63, 3.8) is 0 Å². The third kappa shape index (κ3) is 3.64. The molecule has 0 spiro atoms. The summed E-state index contributed by atoms with van der Waals surface area (Å²) in [4.78, 5) is 30.3. The molecule has 0 radical (unpaired) electrons. The number of nitrogens with zero attached hydrogens (tertiary/aromatic N) is 1. The molecule has 1 aliphatic rings. The Morgan fingerprint density at radius 2 is 2.07 bits per heavy atom. The maximum atomic E-state index is 13.2. The standard InChI is InChI=1S/C22H22N2O4/c1-27-18-8-4-7-17(13-18)24(22(26)20-10-5-11-28-20)14-16-12-15-6-2-3-9-19(15)23-21(16)25/h2-4,6-9,12-13,20H,5,10-11,14H2,1H3,(H,23,25). The lowest BCUT2D eigenvalue weighted by atomic mass is 10.1. The molecule has 4 rings (SSSR count). The molecule has 0 bridgehead atoms. The Morgan fingerprint density at radius 1 is 1.21 bits per heavy atom. The van der Waals surface area contributed by atoms with Gasteiger partial charge in [-0.05, 0) is 42.5 Å². The number of H-pyrrole nitrogens is 1. The number of benzene rings is 2. The van der Waals surface area contributed by atoms with Crippen LogP contribution in [-0.4, -0.2) is 30.7 Å². The number of rotatable bonds is 5. The molecule has 1 N–H and O–H groups in total. The Kier molecular flexibility index (Phi) is 5.12. The molecule has 3 aromatic rings. The van der Waals surface area contributed by atoms with Crippen LogP contribution in [0.1, 0.15) is 18.4 Å². The minimum atomic E-state index is -0.481. The summed E-state index contributed by atoms with van der Waals surface area (Å²) in [6.07, 6.45) is 1.07. The first-order valence-corrected chi connectivity index (χ1v) is 9.33. The van der Waals surface area contributed by atoms with Crippen molar-refractivity contribution in [2.45, 2.75) is 25.5 Å². The average molecular weight is 378 g/mol. The normalized spacial score (nSPS) is 16.2. The lowest BCUT2D eigenvalue weighted by molar-refractivity contribution is -0.127. The lowest BCUT2D eigenvalue weighted by Gasteiger charge is -2.25. The number of fused-ring (bicyclic) bond motifs is 1. The molecular weight excluding hydrogens is 356 g/mol. The predicted octanol–water partition coefficient (Wildman–Crippen LogP) is 3.25. The summed E-state index contributed by atoms with van der Waals surface area (Å²) >= 11 is 0. The molecule has 1 aromatic heterocycles. The smallest absolute Gasteiger partial charge is 0.256 e. The van der Waals surface area contributed by atoms with E-state index in [4.69, 9.17) is 9.47 Å². The van der Waals surface area contributed by atoms with Crippen LogP contribution < -0.4 is 15.2 Å². The number of hydrogen-bond donors (Lipinski definition) is 1. The van der Waals surface area contributed by atoms with E-state index >= 15 is 0 Å². The summed E-state index contributed by atoms with van der Waals surface area (Å²) in [5.74, 6) is 0.508. The number of methoxy groups -OCH3 is 1. The van der Waals surface area contributed by atoms with E-state index in [1.54, 1.807) is 18.1 Å². The van der Waals surface area contributed by atoms with Gasteiger partial charge in [0.15, 0.2) is 0 Å². The number of amides is 1. The third-order valence-electron chi connectivity index (χ3n) is 4.99. The van der Waals surface area contributed by atoms with Crippen molar-refractivity contribution < 1.29 is 14.3 Å². The number of carbonyl (C=O) groups excluding carboxylic acids is 1. The summed E-state index contributed by atoms with van der Waals surface area (Å²) in [5, 5.41) is 0.923. The Hall–Kier alpha value is -3.12. The summed E-state index contributed by atoms with van der Waals surface area (Å²) < 4.78 is 10.9. The van der Waals surface area contributed by atoms with Gasteiger partial charge in [0.1, 0.15) is 11.9 Å². The fourth-order valence-corrected chi connectivity index (χ4v) is 3.50. The molecule has 2 aromatic carbocycles. The second-order valence-corrected chi connectivity index (χ2v) is 6.84. The Balaban J connectivity index is 1.73. The molecule has 6 nitrogen and oxygen atoms in total. The minimum Gasteiger partial charge on any atom is -0.497 e. The van der Waals surface area contributed by atoms with E-state index in [0.29, 0.717) is 30.0 Å². The van der Waals surface area contributed by atoms with E-state index in [-0.39, 0.29) is 18.0 Å². The highest BCUT2D eigenvalue weighted by molar-refractivity contribution is 5.97. The minimum absolute atomic E-state index is 0.140. The van der Waals surface area contributed by atoms with Crippen LogP contribution in [0.4, 0.5) is 5.69 Å². The van der Waals surface area contributed by atoms with Crippen LogP contribution in [-0.2, 0) is 16.1 Å². The molecule has 1 saturated heterocycles.